The van der Waals surface area contributed by atoms with Gasteiger partial charge in [-0.3, -0.25) is 9.78 Å². The summed E-state index contributed by atoms with van der Waals surface area (Å²) in [6.45, 7) is 4.26. The van der Waals surface area contributed by atoms with E-state index in [1.165, 1.54) is 50.6 Å². The van der Waals surface area contributed by atoms with Crippen LogP contribution in [0.3, 0.4) is 0 Å². The summed E-state index contributed by atoms with van der Waals surface area (Å²) < 4.78 is 2.46. The van der Waals surface area contributed by atoms with E-state index in [9.17, 15) is 4.79 Å². The number of hydrogen-bond donors (Lipinski definition) is 1. The number of carbonyl (C=O) groups is 1. The van der Waals surface area contributed by atoms with Gasteiger partial charge in [-0.25, -0.2) is 0 Å². The molecule has 0 bridgehead atoms. The summed E-state index contributed by atoms with van der Waals surface area (Å²) in [5.41, 5.74) is 10.8. The zero-order valence-corrected chi connectivity index (χ0v) is 16.1. The van der Waals surface area contributed by atoms with Crippen molar-refractivity contribution in [1.82, 2.24) is 9.55 Å². The lowest BCUT2D eigenvalue weighted by Gasteiger charge is -2.26. The van der Waals surface area contributed by atoms with Crippen LogP contribution in [0.15, 0.2) is 24.5 Å². The summed E-state index contributed by atoms with van der Waals surface area (Å²) in [4.78, 5) is 16.7. The highest BCUT2D eigenvalue weighted by Gasteiger charge is 2.28. The Kier molecular flexibility index (Phi) is 6.12. The molecule has 1 amide bonds. The van der Waals surface area contributed by atoms with Crippen LogP contribution in [0.2, 0.25) is 0 Å². The maximum atomic E-state index is 12.4. The second-order valence-electron chi connectivity index (χ2n) is 7.51. The second-order valence-corrected chi connectivity index (χ2v) is 7.51. The van der Waals surface area contributed by atoms with Gasteiger partial charge in [0.05, 0.1) is 5.56 Å². The molecule has 0 aliphatic heterocycles. The molecule has 0 aromatic carbocycles. The van der Waals surface area contributed by atoms with Crippen molar-refractivity contribution < 1.29 is 4.79 Å². The third-order valence-corrected chi connectivity index (χ3v) is 5.68. The minimum Gasteiger partial charge on any atom is -0.366 e. The molecule has 3 rings (SSSR count). The zero-order chi connectivity index (χ0) is 18.5. The smallest absolute Gasteiger partial charge is 0.251 e. The Morgan fingerprint density at radius 2 is 1.92 bits per heavy atom. The van der Waals surface area contributed by atoms with Crippen LogP contribution in [0, 0.1) is 6.92 Å². The van der Waals surface area contributed by atoms with Crippen LogP contribution in [0.25, 0.3) is 11.1 Å². The lowest BCUT2D eigenvalue weighted by Crippen LogP contribution is -2.17. The molecule has 1 aliphatic carbocycles. The van der Waals surface area contributed by atoms with E-state index in [2.05, 4.69) is 23.4 Å². The van der Waals surface area contributed by atoms with Gasteiger partial charge in [-0.05, 0) is 32.3 Å². The molecule has 1 fully saturated rings. The first-order valence-electron chi connectivity index (χ1n) is 10.1. The van der Waals surface area contributed by atoms with Gasteiger partial charge in [0.15, 0.2) is 0 Å². The Morgan fingerprint density at radius 3 is 2.50 bits per heavy atom. The van der Waals surface area contributed by atoms with E-state index in [4.69, 9.17) is 5.73 Å². The zero-order valence-electron chi connectivity index (χ0n) is 16.1. The van der Waals surface area contributed by atoms with Crippen molar-refractivity contribution in [2.75, 3.05) is 0 Å². The maximum absolute atomic E-state index is 12.4. The molecule has 2 N–H and O–H groups in total. The van der Waals surface area contributed by atoms with Crippen LogP contribution in [-0.4, -0.2) is 15.5 Å². The van der Waals surface area contributed by atoms with Gasteiger partial charge in [-0.2, -0.15) is 0 Å². The minimum absolute atomic E-state index is 0.330. The van der Waals surface area contributed by atoms with Gasteiger partial charge >= 0.3 is 0 Å². The Hall–Kier alpha value is -2.10. The Labute approximate surface area is 156 Å². The number of carbonyl (C=O) groups excluding carboxylic acids is 1. The predicted octanol–water partition coefficient (Wildman–Crippen LogP) is 5.20. The number of rotatable bonds is 5. The summed E-state index contributed by atoms with van der Waals surface area (Å²) in [6.07, 6.45) is 14.5. The molecule has 26 heavy (non-hydrogen) atoms. The minimum atomic E-state index is -0.330. The van der Waals surface area contributed by atoms with Crippen LogP contribution in [0.4, 0.5) is 0 Å². The van der Waals surface area contributed by atoms with Gasteiger partial charge in [0.1, 0.15) is 0 Å². The van der Waals surface area contributed by atoms with Crippen molar-refractivity contribution in [1.29, 1.82) is 0 Å². The average Bonchev–Trinajstić information content (AvgIpc) is 2.89. The van der Waals surface area contributed by atoms with Gasteiger partial charge in [-0.15, -0.1) is 0 Å². The Bertz CT molecular complexity index is 740. The fourth-order valence-electron chi connectivity index (χ4n) is 4.56. The van der Waals surface area contributed by atoms with Gasteiger partial charge in [-0.1, -0.05) is 51.5 Å². The molecular formula is C22H31N3O. The lowest BCUT2D eigenvalue weighted by atomic mass is 9.95. The molecule has 0 unspecified atom stereocenters. The van der Waals surface area contributed by atoms with Crippen LogP contribution >= 0.6 is 0 Å². The van der Waals surface area contributed by atoms with Crippen molar-refractivity contribution in [3.05, 3.63) is 41.5 Å². The van der Waals surface area contributed by atoms with E-state index in [1.807, 2.05) is 18.3 Å². The number of nitrogens with zero attached hydrogens (tertiary/aromatic N) is 2. The van der Waals surface area contributed by atoms with E-state index in [1.54, 1.807) is 6.20 Å². The Morgan fingerprint density at radius 1 is 1.23 bits per heavy atom. The molecule has 4 nitrogen and oxygen atoms in total. The highest BCUT2D eigenvalue weighted by molar-refractivity contribution is 6.02. The highest BCUT2D eigenvalue weighted by Crippen LogP contribution is 2.38. The van der Waals surface area contributed by atoms with Gasteiger partial charge in [0, 0.05) is 41.0 Å². The molecular weight excluding hydrogens is 322 g/mol. The van der Waals surface area contributed by atoms with Crippen LogP contribution in [0.1, 0.15) is 86.1 Å². The van der Waals surface area contributed by atoms with Gasteiger partial charge in [0.2, 0.25) is 0 Å². The quantitative estimate of drug-likeness (QED) is 0.803. The third-order valence-electron chi connectivity index (χ3n) is 5.68. The molecule has 1 saturated carbocycles. The van der Waals surface area contributed by atoms with E-state index < -0.39 is 0 Å². The third kappa shape index (κ3) is 3.69. The van der Waals surface area contributed by atoms with E-state index in [-0.39, 0.29) is 5.91 Å². The molecule has 1 aliphatic rings. The average molecular weight is 354 g/mol. The highest BCUT2D eigenvalue weighted by atomic mass is 16.1. The van der Waals surface area contributed by atoms with Crippen molar-refractivity contribution in [3.8, 4) is 11.1 Å². The van der Waals surface area contributed by atoms with E-state index >= 15 is 0 Å². The van der Waals surface area contributed by atoms with Crippen molar-refractivity contribution >= 4 is 5.91 Å². The maximum Gasteiger partial charge on any atom is 0.251 e. The first-order chi connectivity index (χ1) is 12.6. The summed E-state index contributed by atoms with van der Waals surface area (Å²) in [5.74, 6) is -0.330. The number of pyridine rings is 1. The fourth-order valence-corrected chi connectivity index (χ4v) is 4.56. The van der Waals surface area contributed by atoms with Crippen LogP contribution in [-0.2, 0) is 6.42 Å². The van der Waals surface area contributed by atoms with Gasteiger partial charge < -0.3 is 10.3 Å². The first-order valence-corrected chi connectivity index (χ1v) is 10.1. The molecule has 2 aromatic heterocycles. The van der Waals surface area contributed by atoms with Crippen LogP contribution in [0.5, 0.6) is 0 Å². The normalized spacial score (nSPS) is 16.2. The first kappa shape index (κ1) is 18.7. The SMILES string of the molecule is CCCc1c(-c2cccnc2)c(C(N)=O)c(C)n1C1CCCCCCC1. The summed E-state index contributed by atoms with van der Waals surface area (Å²) >= 11 is 0. The van der Waals surface area contributed by atoms with E-state index in [0.29, 0.717) is 11.6 Å². The van der Waals surface area contributed by atoms with Crippen molar-refractivity contribution in [3.63, 3.8) is 0 Å². The molecule has 140 valence electrons. The summed E-state index contributed by atoms with van der Waals surface area (Å²) in [6, 6.07) is 4.44. The van der Waals surface area contributed by atoms with Crippen molar-refractivity contribution in [2.24, 2.45) is 5.73 Å². The Balaban J connectivity index is 2.18. The topological polar surface area (TPSA) is 60.9 Å². The predicted molar refractivity (Wildman–Crippen MR) is 106 cm³/mol. The summed E-state index contributed by atoms with van der Waals surface area (Å²) in [5, 5.41) is 0. The standard InChI is InChI=1S/C22H31N3O/c1-3-10-19-21(17-11-9-14-24-15-17)20(22(23)26)16(2)25(19)18-12-7-5-4-6-8-13-18/h9,11,14-15,18H,3-8,10,12-13H2,1-2H3,(H2,23,26). The molecule has 0 saturated heterocycles. The number of nitrogens with two attached hydrogens (primary N) is 1. The fraction of sp³-hybridized carbons (Fsp3) is 0.545. The second kappa shape index (κ2) is 8.52. The lowest BCUT2D eigenvalue weighted by molar-refractivity contribution is 0.1000. The van der Waals surface area contributed by atoms with Crippen molar-refractivity contribution in [2.45, 2.75) is 77.7 Å². The largest absolute Gasteiger partial charge is 0.366 e. The molecule has 2 aromatic rings. The molecule has 0 radical (unpaired) electrons. The number of primary amides is 1. The molecule has 0 atom stereocenters. The van der Waals surface area contributed by atoms with E-state index in [0.717, 1.165) is 29.7 Å². The van der Waals surface area contributed by atoms with Gasteiger partial charge in [0.25, 0.3) is 5.91 Å². The molecule has 4 heteroatoms. The molecule has 0 spiro atoms. The van der Waals surface area contributed by atoms with Crippen LogP contribution < -0.4 is 5.73 Å². The summed E-state index contributed by atoms with van der Waals surface area (Å²) in [7, 11) is 0. The number of aromatic nitrogens is 2. The number of amides is 1. The molecule has 2 heterocycles. The monoisotopic (exact) mass is 353 g/mol. The number of hydrogen-bond acceptors (Lipinski definition) is 2.